The lowest BCUT2D eigenvalue weighted by Crippen LogP contribution is -1.78. The Hall–Kier alpha value is -1.81. The van der Waals surface area contributed by atoms with Crippen LogP contribution < -0.4 is 0 Å². The highest BCUT2D eigenvalue weighted by Crippen LogP contribution is 2.11. The summed E-state index contributed by atoms with van der Waals surface area (Å²) >= 11 is 0. The van der Waals surface area contributed by atoms with E-state index in [0.717, 1.165) is 24.1 Å². The Morgan fingerprint density at radius 3 is 2.62 bits per heavy atom. The molecule has 0 saturated heterocycles. The molecule has 1 rings (SSSR count). The Kier molecular flexibility index (Phi) is 5.08. The van der Waals surface area contributed by atoms with E-state index >= 15 is 0 Å². The maximum absolute atomic E-state index is 5.38. The lowest BCUT2D eigenvalue weighted by molar-refractivity contribution is 0.934. The van der Waals surface area contributed by atoms with Gasteiger partial charge in [-0.05, 0) is 31.6 Å². The van der Waals surface area contributed by atoms with E-state index in [-0.39, 0.29) is 0 Å². The highest BCUT2D eigenvalue weighted by molar-refractivity contribution is 5.76. The molecule has 82 valence electrons. The molecule has 1 heteroatoms. The minimum atomic E-state index is 0.941. The van der Waals surface area contributed by atoms with Gasteiger partial charge in [0, 0.05) is 11.8 Å². The van der Waals surface area contributed by atoms with Gasteiger partial charge >= 0.3 is 0 Å². The highest BCUT2D eigenvalue weighted by atomic mass is 14.7. The van der Waals surface area contributed by atoms with Gasteiger partial charge in [0.15, 0.2) is 0 Å². The van der Waals surface area contributed by atoms with Crippen LogP contribution in [0.25, 0.3) is 0 Å². The first-order valence-electron chi connectivity index (χ1n) is 5.52. The average molecular weight is 211 g/mol. The predicted molar refractivity (Wildman–Crippen MR) is 71.2 cm³/mol. The molecule has 0 unspecified atom stereocenters. The molecule has 1 aromatic carbocycles. The molecule has 0 atom stereocenters. The second-order valence-corrected chi connectivity index (χ2v) is 3.70. The normalized spacial score (nSPS) is 11.7. The van der Waals surface area contributed by atoms with Crippen molar-refractivity contribution in [2.45, 2.75) is 26.7 Å². The van der Waals surface area contributed by atoms with Crippen molar-refractivity contribution in [3.05, 3.63) is 41.5 Å². The molecule has 16 heavy (non-hydrogen) atoms. The summed E-state index contributed by atoms with van der Waals surface area (Å²) in [4.78, 5) is 4.32. The van der Waals surface area contributed by atoms with Gasteiger partial charge in [-0.1, -0.05) is 37.0 Å². The summed E-state index contributed by atoms with van der Waals surface area (Å²) in [6.07, 6.45) is 11.1. The van der Waals surface area contributed by atoms with E-state index in [2.05, 4.69) is 24.8 Å². The maximum Gasteiger partial charge on any atom is 0.0629 e. The molecule has 0 N–H and O–H groups in total. The fourth-order valence-corrected chi connectivity index (χ4v) is 1.32. The van der Waals surface area contributed by atoms with Gasteiger partial charge in [0.05, 0.1) is 5.69 Å². The molecule has 0 bridgehead atoms. The van der Waals surface area contributed by atoms with Crippen molar-refractivity contribution in [1.29, 1.82) is 0 Å². The summed E-state index contributed by atoms with van der Waals surface area (Å²) in [6, 6.07) is 8.08. The van der Waals surface area contributed by atoms with Crippen molar-refractivity contribution < 1.29 is 0 Å². The van der Waals surface area contributed by atoms with Gasteiger partial charge in [0.1, 0.15) is 0 Å². The van der Waals surface area contributed by atoms with Gasteiger partial charge in [0.2, 0.25) is 0 Å². The number of benzene rings is 1. The highest BCUT2D eigenvalue weighted by Gasteiger charge is 1.89. The van der Waals surface area contributed by atoms with Crippen LogP contribution in [0.4, 0.5) is 5.69 Å². The number of aliphatic imine (C=N–C) groups is 1. The van der Waals surface area contributed by atoms with Crippen LogP contribution in [0, 0.1) is 19.3 Å². The fraction of sp³-hybridized carbons (Fsp3) is 0.267. The van der Waals surface area contributed by atoms with Crippen LogP contribution in [0.5, 0.6) is 0 Å². The Bertz CT molecular complexity index is 416. The van der Waals surface area contributed by atoms with Gasteiger partial charge in [-0.15, -0.1) is 6.42 Å². The first-order chi connectivity index (χ1) is 7.76. The molecule has 0 aliphatic heterocycles. The van der Waals surface area contributed by atoms with Crippen LogP contribution >= 0.6 is 0 Å². The number of aryl methyl sites for hydroxylation is 1. The minimum absolute atomic E-state index is 0.941. The Balaban J connectivity index is 2.67. The van der Waals surface area contributed by atoms with E-state index in [4.69, 9.17) is 6.42 Å². The van der Waals surface area contributed by atoms with Crippen LogP contribution in [0.15, 0.2) is 40.9 Å². The average Bonchev–Trinajstić information content (AvgIpc) is 2.30. The Morgan fingerprint density at radius 2 is 2.06 bits per heavy atom. The fourth-order valence-electron chi connectivity index (χ4n) is 1.32. The molecule has 0 heterocycles. The molecule has 0 radical (unpaired) electrons. The van der Waals surface area contributed by atoms with Crippen LogP contribution in [0.2, 0.25) is 0 Å². The van der Waals surface area contributed by atoms with E-state index in [1.807, 2.05) is 30.3 Å². The molecule has 0 aromatic heterocycles. The van der Waals surface area contributed by atoms with E-state index in [0.29, 0.717) is 0 Å². The Labute approximate surface area is 97.9 Å². The summed E-state index contributed by atoms with van der Waals surface area (Å²) in [5, 5.41) is 0. The molecule has 0 aliphatic carbocycles. The molecule has 0 saturated carbocycles. The second kappa shape index (κ2) is 6.63. The van der Waals surface area contributed by atoms with Crippen molar-refractivity contribution in [3.8, 4) is 12.3 Å². The van der Waals surface area contributed by atoms with Crippen LogP contribution in [0.3, 0.4) is 0 Å². The van der Waals surface area contributed by atoms with Gasteiger partial charge < -0.3 is 0 Å². The number of rotatable bonds is 4. The zero-order valence-corrected chi connectivity index (χ0v) is 9.90. The molecule has 1 nitrogen and oxygen atoms in total. The Morgan fingerprint density at radius 1 is 1.38 bits per heavy atom. The summed E-state index contributed by atoms with van der Waals surface area (Å²) < 4.78 is 0. The van der Waals surface area contributed by atoms with Crippen molar-refractivity contribution in [2.24, 2.45) is 4.99 Å². The molecular formula is C15H17N. The predicted octanol–water partition coefficient (Wildman–Crippen LogP) is 4.06. The zero-order valence-electron chi connectivity index (χ0n) is 9.90. The standard InChI is InChI=1S/C15H17N/c1-4-6-14(5-2)11-12-16-15-9-7-13(3)8-10-15/h2,7-12H,4,6H2,1,3H3/b14-11-,16-12?. The summed E-state index contributed by atoms with van der Waals surface area (Å²) in [7, 11) is 0. The van der Waals surface area contributed by atoms with E-state index in [1.165, 1.54) is 5.56 Å². The van der Waals surface area contributed by atoms with Crippen LogP contribution in [-0.2, 0) is 0 Å². The third-order valence-electron chi connectivity index (χ3n) is 2.24. The number of terminal acetylenes is 1. The van der Waals surface area contributed by atoms with Crippen LogP contribution in [-0.4, -0.2) is 6.21 Å². The molecular weight excluding hydrogens is 194 g/mol. The van der Waals surface area contributed by atoms with Crippen molar-refractivity contribution >= 4 is 11.9 Å². The van der Waals surface area contributed by atoms with E-state index in [9.17, 15) is 0 Å². The van der Waals surface area contributed by atoms with Crippen molar-refractivity contribution in [2.75, 3.05) is 0 Å². The van der Waals surface area contributed by atoms with Gasteiger partial charge in [-0.25, -0.2) is 0 Å². The molecule has 0 amide bonds. The van der Waals surface area contributed by atoms with Gasteiger partial charge in [-0.3, -0.25) is 4.99 Å². The van der Waals surface area contributed by atoms with Gasteiger partial charge in [-0.2, -0.15) is 0 Å². The lowest BCUT2D eigenvalue weighted by Gasteiger charge is -1.94. The van der Waals surface area contributed by atoms with Crippen molar-refractivity contribution in [1.82, 2.24) is 0 Å². The topological polar surface area (TPSA) is 12.4 Å². The number of hydrogen-bond acceptors (Lipinski definition) is 1. The molecule has 1 aromatic rings. The summed E-state index contributed by atoms with van der Waals surface area (Å²) in [6.45, 7) is 4.17. The first-order valence-corrected chi connectivity index (χ1v) is 5.52. The third kappa shape index (κ3) is 4.14. The maximum atomic E-state index is 5.38. The third-order valence-corrected chi connectivity index (χ3v) is 2.24. The molecule has 0 aliphatic rings. The molecule has 0 fully saturated rings. The van der Waals surface area contributed by atoms with Crippen LogP contribution in [0.1, 0.15) is 25.3 Å². The zero-order chi connectivity index (χ0) is 11.8. The van der Waals surface area contributed by atoms with Crippen molar-refractivity contribution in [3.63, 3.8) is 0 Å². The largest absolute Gasteiger partial charge is 0.257 e. The molecule has 0 spiro atoms. The smallest absolute Gasteiger partial charge is 0.0629 e. The summed E-state index contributed by atoms with van der Waals surface area (Å²) in [5.74, 6) is 2.67. The quantitative estimate of drug-likeness (QED) is 0.526. The van der Waals surface area contributed by atoms with Gasteiger partial charge in [0.25, 0.3) is 0 Å². The van der Waals surface area contributed by atoms with E-state index in [1.54, 1.807) is 6.21 Å². The first kappa shape index (κ1) is 12.3. The summed E-state index contributed by atoms with van der Waals surface area (Å²) in [5.41, 5.74) is 3.19. The number of nitrogens with zero attached hydrogens (tertiary/aromatic N) is 1. The lowest BCUT2D eigenvalue weighted by atomic mass is 10.1. The number of hydrogen-bond donors (Lipinski definition) is 0. The monoisotopic (exact) mass is 211 g/mol. The number of allylic oxidation sites excluding steroid dienone is 2. The SMILES string of the molecule is C#C/C(=C/C=Nc1ccc(C)cc1)CCC. The van der Waals surface area contributed by atoms with E-state index < -0.39 is 0 Å². The minimum Gasteiger partial charge on any atom is -0.257 e. The second-order valence-electron chi connectivity index (χ2n) is 3.70.